The molecule has 3 heterocycles. The zero-order valence-electron chi connectivity index (χ0n) is 15.9. The minimum absolute atomic E-state index is 0.0357. The predicted octanol–water partition coefficient (Wildman–Crippen LogP) is 2.72. The minimum Gasteiger partial charge on any atom is -0.497 e. The summed E-state index contributed by atoms with van der Waals surface area (Å²) in [5, 5.41) is 0.594. The van der Waals surface area contributed by atoms with Crippen molar-refractivity contribution in [2.45, 2.75) is 26.3 Å². The average Bonchev–Trinajstić information content (AvgIpc) is 3.15. The van der Waals surface area contributed by atoms with Crippen LogP contribution in [0, 0.1) is 12.8 Å². The number of fused-ring (bicyclic) bond motifs is 1. The van der Waals surface area contributed by atoms with Gasteiger partial charge in [0, 0.05) is 25.7 Å². The number of hydrogen-bond donors (Lipinski definition) is 0. The van der Waals surface area contributed by atoms with E-state index in [0.717, 1.165) is 23.4 Å². The topological polar surface area (TPSA) is 77.3 Å². The van der Waals surface area contributed by atoms with Gasteiger partial charge in [-0.25, -0.2) is 9.97 Å². The molecule has 0 spiro atoms. The summed E-state index contributed by atoms with van der Waals surface area (Å²) >= 11 is 1.40. The van der Waals surface area contributed by atoms with Crippen LogP contribution in [0.25, 0.3) is 10.9 Å². The Labute approximate surface area is 166 Å². The largest absolute Gasteiger partial charge is 0.497 e. The van der Waals surface area contributed by atoms with Gasteiger partial charge in [-0.05, 0) is 37.8 Å². The lowest BCUT2D eigenvalue weighted by Gasteiger charge is -2.32. The Balaban J connectivity index is 1.43. The van der Waals surface area contributed by atoms with Gasteiger partial charge in [0.1, 0.15) is 10.6 Å². The second-order valence-corrected chi connectivity index (χ2v) is 7.94. The smallest absolute Gasteiger partial charge is 0.265 e. The number of likely N-dealkylation sites (tertiary alicyclic amines) is 1. The molecular formula is C20H22N4O3S. The summed E-state index contributed by atoms with van der Waals surface area (Å²) in [7, 11) is 1.59. The highest BCUT2D eigenvalue weighted by Crippen LogP contribution is 2.23. The fraction of sp³-hybridized carbons (Fsp3) is 0.400. The van der Waals surface area contributed by atoms with Gasteiger partial charge in [0.05, 0.1) is 35.5 Å². The average molecular weight is 398 g/mol. The number of aromatic nitrogens is 3. The number of thiazole rings is 1. The fourth-order valence-corrected chi connectivity index (χ4v) is 4.41. The van der Waals surface area contributed by atoms with Crippen LogP contribution in [0.2, 0.25) is 0 Å². The van der Waals surface area contributed by atoms with E-state index in [0.29, 0.717) is 42.2 Å². The van der Waals surface area contributed by atoms with Crippen molar-refractivity contribution in [2.75, 3.05) is 20.2 Å². The molecule has 0 aliphatic carbocycles. The number of hydrogen-bond acceptors (Lipinski definition) is 6. The third kappa shape index (κ3) is 3.52. The number of carbonyl (C=O) groups is 1. The monoisotopic (exact) mass is 398 g/mol. The maximum absolute atomic E-state index is 12.8. The van der Waals surface area contributed by atoms with Crippen molar-refractivity contribution in [2.24, 2.45) is 5.92 Å². The molecule has 8 heteroatoms. The van der Waals surface area contributed by atoms with E-state index >= 15 is 0 Å². The molecule has 3 aromatic rings. The van der Waals surface area contributed by atoms with E-state index in [1.807, 2.05) is 11.8 Å². The van der Waals surface area contributed by atoms with Crippen molar-refractivity contribution in [3.05, 3.63) is 51.0 Å². The molecule has 1 aromatic carbocycles. The first-order chi connectivity index (χ1) is 13.6. The number of methoxy groups -OCH3 is 1. The third-order valence-electron chi connectivity index (χ3n) is 5.33. The molecule has 1 fully saturated rings. The Kier molecular flexibility index (Phi) is 5.13. The molecule has 1 saturated heterocycles. The number of amides is 1. The number of ether oxygens (including phenoxy) is 1. The van der Waals surface area contributed by atoms with Crippen molar-refractivity contribution in [1.82, 2.24) is 19.4 Å². The maximum Gasteiger partial charge on any atom is 0.265 e. The standard InChI is InChI=1S/C20H22N4O3S/c1-13-18(28-12-22-13)20(26)23-7-5-14(6-8-23)10-24-11-21-17-9-15(27-2)3-4-16(17)19(24)25/h3-4,9,11-12,14H,5-8,10H2,1-2H3. The van der Waals surface area contributed by atoms with E-state index in [9.17, 15) is 9.59 Å². The van der Waals surface area contributed by atoms with E-state index in [2.05, 4.69) is 9.97 Å². The molecule has 0 atom stereocenters. The summed E-state index contributed by atoms with van der Waals surface area (Å²) in [4.78, 5) is 36.6. The van der Waals surface area contributed by atoms with Crippen LogP contribution in [0.1, 0.15) is 28.2 Å². The van der Waals surface area contributed by atoms with Gasteiger partial charge in [0.25, 0.3) is 11.5 Å². The van der Waals surface area contributed by atoms with Crippen molar-refractivity contribution in [3.63, 3.8) is 0 Å². The third-order valence-corrected chi connectivity index (χ3v) is 6.25. The van der Waals surface area contributed by atoms with Crippen molar-refractivity contribution < 1.29 is 9.53 Å². The van der Waals surface area contributed by atoms with Crippen LogP contribution in [0.3, 0.4) is 0 Å². The van der Waals surface area contributed by atoms with Crippen molar-refractivity contribution in [1.29, 1.82) is 0 Å². The van der Waals surface area contributed by atoms with Gasteiger partial charge in [-0.15, -0.1) is 11.3 Å². The first-order valence-electron chi connectivity index (χ1n) is 9.29. The van der Waals surface area contributed by atoms with Gasteiger partial charge in [-0.1, -0.05) is 0 Å². The molecule has 0 radical (unpaired) electrons. The Bertz CT molecular complexity index is 1070. The van der Waals surface area contributed by atoms with E-state index in [1.165, 1.54) is 11.3 Å². The SMILES string of the molecule is COc1ccc2c(=O)n(CC3CCN(C(=O)c4scnc4C)CC3)cnc2c1. The molecule has 0 bridgehead atoms. The van der Waals surface area contributed by atoms with Gasteiger partial charge in [0.15, 0.2) is 0 Å². The van der Waals surface area contributed by atoms with E-state index in [1.54, 1.807) is 41.7 Å². The Morgan fingerprint density at radius 2 is 2.07 bits per heavy atom. The van der Waals surface area contributed by atoms with Gasteiger partial charge < -0.3 is 9.64 Å². The van der Waals surface area contributed by atoms with Crippen LogP contribution in [0.5, 0.6) is 5.75 Å². The minimum atomic E-state index is -0.0357. The molecule has 0 unspecified atom stereocenters. The molecule has 0 N–H and O–H groups in total. The van der Waals surface area contributed by atoms with Crippen LogP contribution in [-0.2, 0) is 6.54 Å². The fourth-order valence-electron chi connectivity index (χ4n) is 3.64. The number of carbonyl (C=O) groups excluding carboxylic acids is 1. The van der Waals surface area contributed by atoms with Crippen LogP contribution in [-0.4, -0.2) is 45.5 Å². The molecule has 1 amide bonds. The number of rotatable bonds is 4. The molecule has 7 nitrogen and oxygen atoms in total. The summed E-state index contributed by atoms with van der Waals surface area (Å²) in [6.07, 6.45) is 3.36. The summed E-state index contributed by atoms with van der Waals surface area (Å²) in [6, 6.07) is 5.31. The summed E-state index contributed by atoms with van der Waals surface area (Å²) in [6.45, 7) is 3.89. The molecule has 146 valence electrons. The molecule has 4 rings (SSSR count). The lowest BCUT2D eigenvalue weighted by atomic mass is 9.96. The van der Waals surface area contributed by atoms with Gasteiger partial charge in [-0.2, -0.15) is 0 Å². The normalized spacial score (nSPS) is 15.1. The Morgan fingerprint density at radius 3 is 2.75 bits per heavy atom. The molecular weight excluding hydrogens is 376 g/mol. The highest BCUT2D eigenvalue weighted by Gasteiger charge is 2.26. The van der Waals surface area contributed by atoms with Crippen LogP contribution < -0.4 is 10.3 Å². The van der Waals surface area contributed by atoms with E-state index in [4.69, 9.17) is 4.74 Å². The predicted molar refractivity (Wildman–Crippen MR) is 108 cm³/mol. The van der Waals surface area contributed by atoms with Crippen LogP contribution >= 0.6 is 11.3 Å². The summed E-state index contributed by atoms with van der Waals surface area (Å²) in [5.74, 6) is 1.10. The van der Waals surface area contributed by atoms with E-state index in [-0.39, 0.29) is 11.5 Å². The van der Waals surface area contributed by atoms with Crippen molar-refractivity contribution >= 4 is 28.1 Å². The second kappa shape index (κ2) is 7.71. The number of nitrogens with zero attached hydrogens (tertiary/aromatic N) is 4. The van der Waals surface area contributed by atoms with Gasteiger partial charge >= 0.3 is 0 Å². The molecule has 1 aliphatic rings. The van der Waals surface area contributed by atoms with Crippen LogP contribution in [0.4, 0.5) is 0 Å². The molecule has 2 aromatic heterocycles. The zero-order valence-corrected chi connectivity index (χ0v) is 16.7. The zero-order chi connectivity index (χ0) is 19.7. The van der Waals surface area contributed by atoms with Gasteiger partial charge in [0.2, 0.25) is 0 Å². The quantitative estimate of drug-likeness (QED) is 0.675. The lowest BCUT2D eigenvalue weighted by Crippen LogP contribution is -2.40. The summed E-state index contributed by atoms with van der Waals surface area (Å²) in [5.41, 5.74) is 3.11. The highest BCUT2D eigenvalue weighted by molar-refractivity contribution is 7.11. The van der Waals surface area contributed by atoms with Crippen molar-refractivity contribution in [3.8, 4) is 5.75 Å². The Morgan fingerprint density at radius 1 is 1.29 bits per heavy atom. The maximum atomic E-state index is 12.8. The molecule has 0 saturated carbocycles. The Hall–Kier alpha value is -2.74. The lowest BCUT2D eigenvalue weighted by molar-refractivity contribution is 0.0686. The number of piperidine rings is 1. The molecule has 1 aliphatic heterocycles. The summed E-state index contributed by atoms with van der Waals surface area (Å²) < 4.78 is 6.88. The second-order valence-electron chi connectivity index (χ2n) is 7.09. The molecule has 28 heavy (non-hydrogen) atoms. The number of aryl methyl sites for hydroxylation is 1. The van der Waals surface area contributed by atoms with Gasteiger partial charge in [-0.3, -0.25) is 14.2 Å². The highest BCUT2D eigenvalue weighted by atomic mass is 32.1. The number of benzene rings is 1. The van der Waals surface area contributed by atoms with E-state index < -0.39 is 0 Å². The first-order valence-corrected chi connectivity index (χ1v) is 10.2. The first kappa shape index (κ1) is 18.6. The van der Waals surface area contributed by atoms with Crippen LogP contribution in [0.15, 0.2) is 34.8 Å².